The number of fused-ring (bicyclic) bond motifs is 1. The van der Waals surface area contributed by atoms with Gasteiger partial charge in [-0.1, -0.05) is 0 Å². The van der Waals surface area contributed by atoms with Gasteiger partial charge in [-0.05, 0) is 43.7 Å². The molecule has 22 heavy (non-hydrogen) atoms. The number of hydrogen-bond donors (Lipinski definition) is 1. The molecule has 3 rings (SSSR count). The van der Waals surface area contributed by atoms with Crippen molar-refractivity contribution in [1.29, 1.82) is 0 Å². The van der Waals surface area contributed by atoms with E-state index >= 15 is 0 Å². The Balaban J connectivity index is 1.58. The first kappa shape index (κ1) is 14.8. The van der Waals surface area contributed by atoms with Gasteiger partial charge in [0.15, 0.2) is 5.78 Å². The number of nitrogens with zero attached hydrogens (tertiary/aromatic N) is 2. The van der Waals surface area contributed by atoms with Crippen molar-refractivity contribution >= 4 is 45.8 Å². The van der Waals surface area contributed by atoms with Crippen LogP contribution in [-0.4, -0.2) is 27.0 Å². The van der Waals surface area contributed by atoms with Crippen LogP contribution in [0.25, 0.3) is 11.0 Å². The zero-order valence-corrected chi connectivity index (χ0v) is 13.5. The Labute approximate surface area is 135 Å². The van der Waals surface area contributed by atoms with Gasteiger partial charge in [0, 0.05) is 17.0 Å². The summed E-state index contributed by atoms with van der Waals surface area (Å²) in [6.07, 6.45) is 0.712. The van der Waals surface area contributed by atoms with Crippen LogP contribution in [0.15, 0.2) is 30.3 Å². The van der Waals surface area contributed by atoms with Crippen LogP contribution in [0.2, 0.25) is 0 Å². The molecule has 0 saturated carbocycles. The summed E-state index contributed by atoms with van der Waals surface area (Å²) in [6.45, 7) is 2.09. The van der Waals surface area contributed by atoms with E-state index in [1.165, 1.54) is 11.3 Å². The van der Waals surface area contributed by atoms with Crippen LogP contribution in [-0.2, 0) is 6.42 Å². The number of ketones is 1. The van der Waals surface area contributed by atoms with Gasteiger partial charge in [-0.2, -0.15) is 8.75 Å². The zero-order valence-electron chi connectivity index (χ0n) is 11.8. The van der Waals surface area contributed by atoms with Crippen molar-refractivity contribution < 1.29 is 9.59 Å². The van der Waals surface area contributed by atoms with Crippen LogP contribution < -0.4 is 5.32 Å². The van der Waals surface area contributed by atoms with Crippen LogP contribution in [0.4, 0.5) is 0 Å². The molecule has 3 aromatic rings. The van der Waals surface area contributed by atoms with Crippen LogP contribution >= 0.6 is 23.1 Å². The summed E-state index contributed by atoms with van der Waals surface area (Å²) >= 11 is 2.61. The monoisotopic (exact) mass is 331 g/mol. The highest BCUT2D eigenvalue weighted by atomic mass is 32.1. The van der Waals surface area contributed by atoms with Crippen molar-refractivity contribution in [2.45, 2.75) is 13.3 Å². The maximum absolute atomic E-state index is 12.1. The van der Waals surface area contributed by atoms with Crippen molar-refractivity contribution in [3.63, 3.8) is 0 Å². The molecule has 0 atom stereocenters. The normalized spacial score (nSPS) is 10.8. The summed E-state index contributed by atoms with van der Waals surface area (Å²) in [5.41, 5.74) is 2.12. The molecule has 0 aliphatic carbocycles. The lowest BCUT2D eigenvalue weighted by Gasteiger charge is -2.04. The fourth-order valence-electron chi connectivity index (χ4n) is 2.03. The lowest BCUT2D eigenvalue weighted by Crippen LogP contribution is -2.25. The minimum absolute atomic E-state index is 0.0745. The van der Waals surface area contributed by atoms with E-state index in [0.717, 1.165) is 32.5 Å². The Kier molecular flexibility index (Phi) is 4.26. The number of carbonyl (C=O) groups excluding carboxylic acids is 2. The molecule has 0 bridgehead atoms. The first-order chi connectivity index (χ1) is 10.6. The fourth-order valence-corrected chi connectivity index (χ4v) is 3.45. The topological polar surface area (TPSA) is 72.0 Å². The average molecular weight is 331 g/mol. The standard InChI is InChI=1S/C15H13N3O2S2/c1-9(19)14-5-3-11(21-14)6-7-16-15(20)10-2-4-12-13(8-10)18-22-17-12/h2-5,8H,6-7H2,1H3,(H,16,20). The molecule has 0 radical (unpaired) electrons. The van der Waals surface area contributed by atoms with E-state index in [4.69, 9.17) is 0 Å². The van der Waals surface area contributed by atoms with E-state index in [-0.39, 0.29) is 11.7 Å². The number of benzene rings is 1. The fraction of sp³-hybridized carbons (Fsp3) is 0.200. The van der Waals surface area contributed by atoms with E-state index in [2.05, 4.69) is 14.1 Å². The Hall–Kier alpha value is -2.12. The second-order valence-corrected chi connectivity index (χ2v) is 6.49. The first-order valence-electron chi connectivity index (χ1n) is 6.73. The zero-order chi connectivity index (χ0) is 15.5. The van der Waals surface area contributed by atoms with E-state index in [1.807, 2.05) is 12.1 Å². The molecule has 2 aromatic heterocycles. The van der Waals surface area contributed by atoms with Gasteiger partial charge >= 0.3 is 0 Å². The minimum Gasteiger partial charge on any atom is -0.352 e. The molecule has 1 N–H and O–H groups in total. The van der Waals surface area contributed by atoms with E-state index in [1.54, 1.807) is 25.1 Å². The Bertz CT molecular complexity index is 838. The number of Topliss-reactive ketones (excluding diaryl/α,β-unsaturated/α-hetero) is 1. The van der Waals surface area contributed by atoms with Crippen LogP contribution in [0.5, 0.6) is 0 Å². The number of carbonyl (C=O) groups is 2. The molecule has 0 saturated heterocycles. The second-order valence-electron chi connectivity index (χ2n) is 4.80. The third-order valence-corrected chi connectivity index (χ3v) is 4.98. The summed E-state index contributed by atoms with van der Waals surface area (Å²) in [6, 6.07) is 9.05. The van der Waals surface area contributed by atoms with Crippen LogP contribution in [0, 0.1) is 0 Å². The number of hydrogen-bond acceptors (Lipinski definition) is 6. The quantitative estimate of drug-likeness (QED) is 0.730. The van der Waals surface area contributed by atoms with Crippen molar-refractivity contribution in [2.75, 3.05) is 6.54 Å². The van der Waals surface area contributed by atoms with Crippen molar-refractivity contribution in [3.8, 4) is 0 Å². The molecule has 7 heteroatoms. The first-order valence-corrected chi connectivity index (χ1v) is 8.28. The Morgan fingerprint density at radius 1 is 1.14 bits per heavy atom. The molecular weight excluding hydrogens is 318 g/mol. The van der Waals surface area contributed by atoms with Gasteiger partial charge in [-0.3, -0.25) is 9.59 Å². The number of rotatable bonds is 5. The molecule has 0 unspecified atom stereocenters. The number of amides is 1. The molecule has 1 amide bonds. The Morgan fingerprint density at radius 3 is 2.73 bits per heavy atom. The lowest BCUT2D eigenvalue weighted by atomic mass is 10.2. The highest BCUT2D eigenvalue weighted by molar-refractivity contribution is 7.14. The van der Waals surface area contributed by atoms with E-state index < -0.39 is 0 Å². The third-order valence-electron chi connectivity index (χ3n) is 3.18. The molecule has 0 aliphatic heterocycles. The number of nitrogens with one attached hydrogen (secondary N) is 1. The van der Waals surface area contributed by atoms with Crippen molar-refractivity contribution in [3.05, 3.63) is 45.6 Å². The van der Waals surface area contributed by atoms with Gasteiger partial charge < -0.3 is 5.32 Å². The predicted octanol–water partition coefficient (Wildman–Crippen LogP) is 2.93. The molecule has 0 aliphatic rings. The van der Waals surface area contributed by atoms with Crippen LogP contribution in [0.3, 0.4) is 0 Å². The minimum atomic E-state index is -0.127. The van der Waals surface area contributed by atoms with Gasteiger partial charge in [0.05, 0.1) is 16.6 Å². The molecular formula is C15H13N3O2S2. The summed E-state index contributed by atoms with van der Waals surface area (Å²) in [4.78, 5) is 25.2. The molecule has 5 nitrogen and oxygen atoms in total. The van der Waals surface area contributed by atoms with Gasteiger partial charge in [-0.15, -0.1) is 11.3 Å². The smallest absolute Gasteiger partial charge is 0.251 e. The highest BCUT2D eigenvalue weighted by Crippen LogP contribution is 2.17. The van der Waals surface area contributed by atoms with Gasteiger partial charge in [0.1, 0.15) is 11.0 Å². The van der Waals surface area contributed by atoms with Crippen molar-refractivity contribution in [1.82, 2.24) is 14.1 Å². The highest BCUT2D eigenvalue weighted by Gasteiger charge is 2.09. The largest absolute Gasteiger partial charge is 0.352 e. The van der Waals surface area contributed by atoms with Crippen LogP contribution in [0.1, 0.15) is 31.8 Å². The maximum Gasteiger partial charge on any atom is 0.251 e. The van der Waals surface area contributed by atoms with E-state index in [0.29, 0.717) is 18.5 Å². The number of aromatic nitrogens is 2. The summed E-state index contributed by atoms with van der Waals surface area (Å²) in [7, 11) is 0. The Morgan fingerprint density at radius 2 is 1.95 bits per heavy atom. The summed E-state index contributed by atoms with van der Waals surface area (Å²) < 4.78 is 8.24. The van der Waals surface area contributed by atoms with Crippen molar-refractivity contribution in [2.24, 2.45) is 0 Å². The molecule has 112 valence electrons. The van der Waals surface area contributed by atoms with E-state index in [9.17, 15) is 9.59 Å². The maximum atomic E-state index is 12.1. The summed E-state index contributed by atoms with van der Waals surface area (Å²) in [5.74, 6) is -0.0521. The number of thiophene rings is 1. The average Bonchev–Trinajstić information content (AvgIpc) is 3.15. The molecule has 0 fully saturated rings. The van der Waals surface area contributed by atoms with Gasteiger partial charge in [0.2, 0.25) is 0 Å². The molecule has 1 aromatic carbocycles. The molecule has 0 spiro atoms. The predicted molar refractivity (Wildman–Crippen MR) is 87.8 cm³/mol. The van der Waals surface area contributed by atoms with Gasteiger partial charge in [0.25, 0.3) is 5.91 Å². The lowest BCUT2D eigenvalue weighted by molar-refractivity contribution is 0.0953. The molecule has 2 heterocycles. The third kappa shape index (κ3) is 3.20. The summed E-state index contributed by atoms with van der Waals surface area (Å²) in [5, 5.41) is 2.88. The second kappa shape index (κ2) is 6.33. The van der Waals surface area contributed by atoms with Gasteiger partial charge in [-0.25, -0.2) is 0 Å². The SMILES string of the molecule is CC(=O)c1ccc(CCNC(=O)c2ccc3nsnc3c2)s1.